The maximum Gasteiger partial charge on any atom is 0.330 e. The van der Waals surface area contributed by atoms with Gasteiger partial charge in [-0.2, -0.15) is 0 Å². The Morgan fingerprint density at radius 1 is 1.24 bits per heavy atom. The number of hydrogen-bond donors (Lipinski definition) is 0. The first-order valence-corrected chi connectivity index (χ1v) is 8.78. The molecule has 128 valence electrons. The number of carbonyl (C=O) groups excluding carboxylic acids is 2. The molecule has 1 heterocycles. The molecule has 0 aromatic heterocycles. The molecule has 0 radical (unpaired) electrons. The lowest BCUT2D eigenvalue weighted by Gasteiger charge is -2.21. The lowest BCUT2D eigenvalue weighted by atomic mass is 10.0. The molecule has 0 N–H and O–H groups in total. The number of benzene rings is 2. The van der Waals surface area contributed by atoms with E-state index in [4.69, 9.17) is 28.0 Å². The number of hydroxylamine groups is 1. The monoisotopic (exact) mass is 440 g/mol. The summed E-state index contributed by atoms with van der Waals surface area (Å²) in [5.74, 6) is -1.31. The maximum atomic E-state index is 12.6. The standard InChI is InChI=1S/C17H11BrCl2N2O3/c1-9(23)25-22-14-7-6-10(18)8-12(14)15(21-16(20)17(22)24)11-4-2-3-5-13(11)19/h2-8,16H,1H3. The predicted molar refractivity (Wildman–Crippen MR) is 100 cm³/mol. The summed E-state index contributed by atoms with van der Waals surface area (Å²) in [6.07, 6.45) is 0. The highest BCUT2D eigenvalue weighted by atomic mass is 79.9. The molecule has 0 fully saturated rings. The highest BCUT2D eigenvalue weighted by Gasteiger charge is 2.33. The van der Waals surface area contributed by atoms with Crippen LogP contribution in [-0.2, 0) is 14.4 Å². The van der Waals surface area contributed by atoms with Crippen molar-refractivity contribution in [1.29, 1.82) is 0 Å². The zero-order valence-corrected chi connectivity index (χ0v) is 16.0. The van der Waals surface area contributed by atoms with Crippen LogP contribution in [0.5, 0.6) is 0 Å². The number of anilines is 1. The van der Waals surface area contributed by atoms with E-state index in [2.05, 4.69) is 20.9 Å². The minimum Gasteiger partial charge on any atom is -0.333 e. The molecule has 1 atom stereocenters. The molecule has 1 aliphatic rings. The van der Waals surface area contributed by atoms with Crippen LogP contribution in [0, 0.1) is 0 Å². The zero-order valence-electron chi connectivity index (χ0n) is 12.9. The van der Waals surface area contributed by atoms with Gasteiger partial charge in [0.25, 0.3) is 5.91 Å². The Morgan fingerprint density at radius 2 is 1.96 bits per heavy atom. The van der Waals surface area contributed by atoms with E-state index in [1.165, 1.54) is 6.92 Å². The smallest absolute Gasteiger partial charge is 0.330 e. The number of hydrogen-bond acceptors (Lipinski definition) is 4. The highest BCUT2D eigenvalue weighted by Crippen LogP contribution is 2.33. The first-order valence-electron chi connectivity index (χ1n) is 7.17. The number of rotatable bonds is 2. The SMILES string of the molecule is CC(=O)ON1C(=O)C(Cl)N=C(c2ccccc2Cl)c2cc(Br)ccc21. The van der Waals surface area contributed by atoms with E-state index in [1.807, 2.05) is 0 Å². The van der Waals surface area contributed by atoms with Crippen molar-refractivity contribution in [2.45, 2.75) is 12.4 Å². The van der Waals surface area contributed by atoms with Gasteiger partial charge in [-0.15, -0.1) is 5.06 Å². The van der Waals surface area contributed by atoms with Crippen LogP contribution in [0.15, 0.2) is 51.9 Å². The van der Waals surface area contributed by atoms with Crippen LogP contribution in [0.1, 0.15) is 18.1 Å². The number of fused-ring (bicyclic) bond motifs is 1. The molecule has 0 aliphatic carbocycles. The molecule has 0 spiro atoms. The molecule has 0 bridgehead atoms. The predicted octanol–water partition coefficient (Wildman–Crippen LogP) is 4.33. The minimum atomic E-state index is -1.27. The highest BCUT2D eigenvalue weighted by molar-refractivity contribution is 9.10. The van der Waals surface area contributed by atoms with Crippen LogP contribution < -0.4 is 5.06 Å². The summed E-state index contributed by atoms with van der Waals surface area (Å²) in [6.45, 7) is 1.20. The first kappa shape index (κ1) is 17.9. The van der Waals surface area contributed by atoms with Crippen molar-refractivity contribution in [2.75, 3.05) is 5.06 Å². The lowest BCUT2D eigenvalue weighted by Crippen LogP contribution is -2.37. The molecular weight excluding hydrogens is 431 g/mol. The van der Waals surface area contributed by atoms with Crippen LogP contribution in [0.25, 0.3) is 0 Å². The molecule has 1 aliphatic heterocycles. The van der Waals surface area contributed by atoms with Gasteiger partial charge in [-0.05, 0) is 24.3 Å². The maximum absolute atomic E-state index is 12.6. The van der Waals surface area contributed by atoms with E-state index in [0.717, 1.165) is 9.54 Å². The van der Waals surface area contributed by atoms with Crippen LogP contribution in [-0.4, -0.2) is 23.1 Å². The topological polar surface area (TPSA) is 59.0 Å². The summed E-state index contributed by atoms with van der Waals surface area (Å²) in [6, 6.07) is 12.2. The van der Waals surface area contributed by atoms with Crippen molar-refractivity contribution in [3.05, 3.63) is 63.1 Å². The van der Waals surface area contributed by atoms with Crippen LogP contribution in [0.4, 0.5) is 5.69 Å². The Balaban J connectivity index is 2.27. The van der Waals surface area contributed by atoms with Crippen LogP contribution in [0.3, 0.4) is 0 Å². The molecule has 2 aromatic carbocycles. The largest absolute Gasteiger partial charge is 0.333 e. The summed E-state index contributed by atoms with van der Waals surface area (Å²) in [5, 5.41) is 1.33. The fourth-order valence-electron chi connectivity index (χ4n) is 2.42. The Kier molecular flexibility index (Phi) is 5.13. The van der Waals surface area contributed by atoms with Crippen molar-refractivity contribution < 1.29 is 14.4 Å². The van der Waals surface area contributed by atoms with Crippen LogP contribution >= 0.6 is 39.1 Å². The first-order chi connectivity index (χ1) is 11.9. The third-order valence-electron chi connectivity index (χ3n) is 3.43. The van der Waals surface area contributed by atoms with Gasteiger partial charge in [0.15, 0.2) is 0 Å². The van der Waals surface area contributed by atoms with Crippen molar-refractivity contribution in [2.24, 2.45) is 4.99 Å². The Labute approximate surface area is 162 Å². The minimum absolute atomic E-state index is 0.352. The van der Waals surface area contributed by atoms with Gasteiger partial charge >= 0.3 is 5.97 Å². The van der Waals surface area contributed by atoms with E-state index in [1.54, 1.807) is 42.5 Å². The second-order valence-electron chi connectivity index (χ2n) is 5.17. The summed E-state index contributed by atoms with van der Waals surface area (Å²) in [5.41, 5.74) is 0.693. The molecule has 0 saturated carbocycles. The van der Waals surface area contributed by atoms with Gasteiger partial charge in [-0.3, -0.25) is 9.79 Å². The van der Waals surface area contributed by atoms with Crippen molar-refractivity contribution in [3.8, 4) is 0 Å². The van der Waals surface area contributed by atoms with Gasteiger partial charge in [0, 0.05) is 27.5 Å². The second kappa shape index (κ2) is 7.15. The number of alkyl halides is 1. The Morgan fingerprint density at radius 3 is 2.64 bits per heavy atom. The summed E-state index contributed by atoms with van der Waals surface area (Å²) >= 11 is 15.9. The van der Waals surface area contributed by atoms with E-state index in [0.29, 0.717) is 27.5 Å². The third kappa shape index (κ3) is 3.56. The fourth-order valence-corrected chi connectivity index (χ4v) is 3.19. The average molecular weight is 442 g/mol. The van der Waals surface area contributed by atoms with Gasteiger partial charge in [-0.25, -0.2) is 4.79 Å². The molecule has 0 saturated heterocycles. The van der Waals surface area contributed by atoms with E-state index >= 15 is 0 Å². The zero-order chi connectivity index (χ0) is 18.1. The number of carbonyl (C=O) groups is 2. The lowest BCUT2D eigenvalue weighted by molar-refractivity contribution is -0.148. The van der Waals surface area contributed by atoms with Crippen LogP contribution in [0.2, 0.25) is 5.02 Å². The summed E-state index contributed by atoms with van der Waals surface area (Å²) in [7, 11) is 0. The van der Waals surface area contributed by atoms with Gasteiger partial charge in [0.1, 0.15) is 0 Å². The molecule has 1 unspecified atom stereocenters. The number of benzodiazepines with no additional fused rings is 1. The Hall–Kier alpha value is -1.89. The average Bonchev–Trinajstić information content (AvgIpc) is 2.66. The fraction of sp³-hybridized carbons (Fsp3) is 0.118. The van der Waals surface area contributed by atoms with Crippen molar-refractivity contribution >= 4 is 62.4 Å². The number of halogens is 3. The summed E-state index contributed by atoms with van der Waals surface area (Å²) in [4.78, 5) is 33.4. The molecule has 1 amide bonds. The molecule has 2 aromatic rings. The quantitative estimate of drug-likeness (QED) is 0.514. The molecular formula is C17H11BrCl2N2O3. The van der Waals surface area contributed by atoms with Gasteiger partial charge in [-0.1, -0.05) is 57.3 Å². The van der Waals surface area contributed by atoms with E-state index in [9.17, 15) is 9.59 Å². The molecule has 3 rings (SSSR count). The normalized spacial score (nSPS) is 16.8. The molecule has 5 nitrogen and oxygen atoms in total. The third-order valence-corrected chi connectivity index (χ3v) is 4.53. The van der Waals surface area contributed by atoms with Crippen molar-refractivity contribution in [3.63, 3.8) is 0 Å². The van der Waals surface area contributed by atoms with E-state index in [-0.39, 0.29) is 0 Å². The Bertz CT molecular complexity index is 901. The number of amides is 1. The number of aliphatic imine (C=N–C) groups is 1. The van der Waals surface area contributed by atoms with Gasteiger partial charge in [0.05, 0.1) is 11.4 Å². The summed E-state index contributed by atoms with van der Waals surface area (Å²) < 4.78 is 0.759. The second-order valence-corrected chi connectivity index (χ2v) is 6.91. The molecule has 8 heteroatoms. The number of nitrogens with zero attached hydrogens (tertiary/aromatic N) is 2. The van der Waals surface area contributed by atoms with Gasteiger partial charge in [0.2, 0.25) is 5.50 Å². The molecule has 25 heavy (non-hydrogen) atoms. The van der Waals surface area contributed by atoms with Crippen molar-refractivity contribution in [1.82, 2.24) is 0 Å². The van der Waals surface area contributed by atoms with E-state index < -0.39 is 17.4 Å². The van der Waals surface area contributed by atoms with Gasteiger partial charge < -0.3 is 4.84 Å².